The van der Waals surface area contributed by atoms with Gasteiger partial charge in [-0.2, -0.15) is 0 Å². The maximum absolute atomic E-state index is 3.63. The van der Waals surface area contributed by atoms with E-state index in [2.05, 4.69) is 19.6 Å². The van der Waals surface area contributed by atoms with Crippen LogP contribution in [0.4, 0.5) is 0 Å². The van der Waals surface area contributed by atoms with Gasteiger partial charge >= 0.3 is 0 Å². The molecule has 0 aromatic carbocycles. The first-order valence-corrected chi connectivity index (χ1v) is 3.82. The van der Waals surface area contributed by atoms with Gasteiger partial charge in [0.2, 0.25) is 0 Å². The highest BCUT2D eigenvalue weighted by atomic mass is 15.0. The molecule has 0 aliphatic rings. The second-order valence-corrected chi connectivity index (χ2v) is 2.38. The van der Waals surface area contributed by atoms with Gasteiger partial charge in [-0.1, -0.05) is 32.4 Å². The Bertz CT molecular complexity index is 105. The molecule has 1 heteroatoms. The fourth-order valence-corrected chi connectivity index (χ4v) is 0.624. The minimum Gasteiger partial charge on any atom is -0.358 e. The summed E-state index contributed by atoms with van der Waals surface area (Å²) >= 11 is 0. The highest BCUT2D eigenvalue weighted by Crippen LogP contribution is 1.95. The fourth-order valence-electron chi connectivity index (χ4n) is 0.624. The van der Waals surface area contributed by atoms with E-state index in [1.165, 1.54) is 19.3 Å². The Morgan fingerprint density at radius 2 is 2.20 bits per heavy atom. The molecule has 0 radical (unpaired) electrons. The Kier molecular flexibility index (Phi) is 5.94. The van der Waals surface area contributed by atoms with E-state index >= 15 is 0 Å². The standard InChI is InChI=1S/C9H17N/c1-4-6-7-8-9-10(3)5-2/h5,8-9H,2,4,6-7H2,1,3H3/b9-8-. The van der Waals surface area contributed by atoms with E-state index < -0.39 is 0 Å². The van der Waals surface area contributed by atoms with Gasteiger partial charge in [-0.05, 0) is 18.8 Å². The average Bonchev–Trinajstić information content (AvgIpc) is 1.98. The van der Waals surface area contributed by atoms with E-state index in [-0.39, 0.29) is 0 Å². The zero-order valence-electron chi connectivity index (χ0n) is 7.01. The molecule has 0 saturated carbocycles. The van der Waals surface area contributed by atoms with Gasteiger partial charge in [0.05, 0.1) is 0 Å². The number of rotatable bonds is 5. The molecular weight excluding hydrogens is 122 g/mol. The Labute approximate surface area is 64.0 Å². The number of nitrogens with zero attached hydrogens (tertiary/aromatic N) is 1. The number of allylic oxidation sites excluding steroid dienone is 1. The molecule has 0 aromatic heterocycles. The third-order valence-electron chi connectivity index (χ3n) is 1.35. The summed E-state index contributed by atoms with van der Waals surface area (Å²) in [6, 6.07) is 0. The largest absolute Gasteiger partial charge is 0.358 e. The molecule has 0 amide bonds. The van der Waals surface area contributed by atoms with Crippen molar-refractivity contribution in [3.63, 3.8) is 0 Å². The van der Waals surface area contributed by atoms with Crippen LogP contribution < -0.4 is 0 Å². The van der Waals surface area contributed by atoms with Crippen molar-refractivity contribution in [2.45, 2.75) is 26.2 Å². The van der Waals surface area contributed by atoms with Crippen molar-refractivity contribution in [3.05, 3.63) is 25.1 Å². The van der Waals surface area contributed by atoms with Gasteiger partial charge in [0.15, 0.2) is 0 Å². The average molecular weight is 139 g/mol. The Morgan fingerprint density at radius 1 is 1.50 bits per heavy atom. The van der Waals surface area contributed by atoms with Crippen LogP contribution in [0.15, 0.2) is 25.1 Å². The van der Waals surface area contributed by atoms with Crippen LogP contribution in [0.5, 0.6) is 0 Å². The first-order chi connectivity index (χ1) is 4.81. The predicted octanol–water partition coefficient (Wildman–Crippen LogP) is 2.77. The topological polar surface area (TPSA) is 3.24 Å². The van der Waals surface area contributed by atoms with Gasteiger partial charge in [0.1, 0.15) is 0 Å². The minimum absolute atomic E-state index is 1.18. The number of hydrogen-bond acceptors (Lipinski definition) is 1. The van der Waals surface area contributed by atoms with Crippen LogP contribution in [-0.4, -0.2) is 11.9 Å². The summed E-state index contributed by atoms with van der Waals surface area (Å²) in [5, 5.41) is 0. The van der Waals surface area contributed by atoms with E-state index in [9.17, 15) is 0 Å². The summed E-state index contributed by atoms with van der Waals surface area (Å²) in [7, 11) is 1.98. The molecule has 0 bridgehead atoms. The summed E-state index contributed by atoms with van der Waals surface area (Å²) < 4.78 is 0. The van der Waals surface area contributed by atoms with E-state index in [4.69, 9.17) is 0 Å². The van der Waals surface area contributed by atoms with E-state index in [1.54, 1.807) is 6.20 Å². The number of unbranched alkanes of at least 4 members (excludes halogenated alkanes) is 2. The van der Waals surface area contributed by atoms with Crippen LogP contribution in [0.1, 0.15) is 26.2 Å². The van der Waals surface area contributed by atoms with Crippen molar-refractivity contribution in [1.82, 2.24) is 4.90 Å². The van der Waals surface area contributed by atoms with Gasteiger partial charge in [-0.3, -0.25) is 0 Å². The lowest BCUT2D eigenvalue weighted by Gasteiger charge is -2.03. The summed E-state index contributed by atoms with van der Waals surface area (Å²) in [5.74, 6) is 0. The summed E-state index contributed by atoms with van der Waals surface area (Å²) in [5.41, 5.74) is 0. The molecule has 0 fully saturated rings. The van der Waals surface area contributed by atoms with Gasteiger partial charge in [0, 0.05) is 7.05 Å². The quantitative estimate of drug-likeness (QED) is 0.529. The summed E-state index contributed by atoms with van der Waals surface area (Å²) in [4.78, 5) is 1.95. The number of hydrogen-bond donors (Lipinski definition) is 0. The first kappa shape index (κ1) is 9.28. The molecule has 0 saturated heterocycles. The molecule has 1 nitrogen and oxygen atoms in total. The van der Waals surface area contributed by atoms with E-state index in [0.717, 1.165) is 0 Å². The smallest absolute Gasteiger partial charge is 0.0106 e. The lowest BCUT2D eigenvalue weighted by Crippen LogP contribution is -1.97. The molecule has 0 atom stereocenters. The second-order valence-electron chi connectivity index (χ2n) is 2.38. The van der Waals surface area contributed by atoms with Crippen molar-refractivity contribution in [2.75, 3.05) is 7.05 Å². The van der Waals surface area contributed by atoms with E-state index in [0.29, 0.717) is 0 Å². The van der Waals surface area contributed by atoms with Crippen LogP contribution in [-0.2, 0) is 0 Å². The summed E-state index contributed by atoms with van der Waals surface area (Å²) in [6.45, 7) is 5.83. The lowest BCUT2D eigenvalue weighted by atomic mass is 10.2. The molecule has 58 valence electrons. The van der Waals surface area contributed by atoms with Gasteiger partial charge in [0.25, 0.3) is 0 Å². The Hall–Kier alpha value is -0.720. The molecule has 0 aliphatic heterocycles. The zero-order valence-corrected chi connectivity index (χ0v) is 7.01. The lowest BCUT2D eigenvalue weighted by molar-refractivity contribution is 0.622. The second kappa shape index (κ2) is 6.40. The normalized spacial score (nSPS) is 10.2. The molecule has 0 N–H and O–H groups in total. The zero-order chi connectivity index (χ0) is 7.82. The molecule has 0 rings (SSSR count). The van der Waals surface area contributed by atoms with Gasteiger partial charge in [-0.25, -0.2) is 0 Å². The fraction of sp³-hybridized carbons (Fsp3) is 0.556. The third-order valence-corrected chi connectivity index (χ3v) is 1.35. The van der Waals surface area contributed by atoms with Crippen molar-refractivity contribution in [2.24, 2.45) is 0 Å². The SMILES string of the molecule is C=CN(C)/C=C\CCCC. The van der Waals surface area contributed by atoms with Crippen LogP contribution in [0.3, 0.4) is 0 Å². The van der Waals surface area contributed by atoms with Gasteiger partial charge < -0.3 is 4.90 Å². The van der Waals surface area contributed by atoms with Gasteiger partial charge in [-0.15, -0.1) is 0 Å². The Balaban J connectivity index is 3.26. The monoisotopic (exact) mass is 139 g/mol. The molecule has 0 spiro atoms. The van der Waals surface area contributed by atoms with Crippen molar-refractivity contribution in [1.29, 1.82) is 0 Å². The highest BCUT2D eigenvalue weighted by molar-refractivity contribution is 4.85. The van der Waals surface area contributed by atoms with Crippen LogP contribution in [0, 0.1) is 0 Å². The molecule has 0 aromatic rings. The molecule has 0 aliphatic carbocycles. The maximum atomic E-state index is 3.63. The highest BCUT2D eigenvalue weighted by Gasteiger charge is 1.79. The van der Waals surface area contributed by atoms with Crippen molar-refractivity contribution in [3.8, 4) is 0 Å². The van der Waals surface area contributed by atoms with Crippen molar-refractivity contribution >= 4 is 0 Å². The molecular formula is C9H17N. The first-order valence-electron chi connectivity index (χ1n) is 3.82. The van der Waals surface area contributed by atoms with E-state index in [1.807, 2.05) is 18.1 Å². The van der Waals surface area contributed by atoms with Crippen molar-refractivity contribution < 1.29 is 0 Å². The van der Waals surface area contributed by atoms with Crippen LogP contribution >= 0.6 is 0 Å². The van der Waals surface area contributed by atoms with Crippen LogP contribution in [0.25, 0.3) is 0 Å². The third kappa shape index (κ3) is 5.42. The Morgan fingerprint density at radius 3 is 2.70 bits per heavy atom. The minimum atomic E-state index is 1.18. The predicted molar refractivity (Wildman–Crippen MR) is 46.6 cm³/mol. The molecule has 10 heavy (non-hydrogen) atoms. The maximum Gasteiger partial charge on any atom is 0.0106 e. The van der Waals surface area contributed by atoms with Crippen LogP contribution in [0.2, 0.25) is 0 Å². The molecule has 0 heterocycles. The summed E-state index contributed by atoms with van der Waals surface area (Å²) in [6.07, 6.45) is 9.73. The molecule has 0 unspecified atom stereocenters.